The van der Waals surface area contributed by atoms with Crippen LogP contribution in [0.1, 0.15) is 62.7 Å². The first-order valence-corrected chi connectivity index (χ1v) is 11.9. The van der Waals surface area contributed by atoms with Crippen LogP contribution in [0.4, 0.5) is 10.6 Å². The predicted molar refractivity (Wildman–Crippen MR) is 120 cm³/mol. The lowest BCUT2D eigenvalue weighted by atomic mass is 9.89. The van der Waals surface area contributed by atoms with Crippen LogP contribution in [0.3, 0.4) is 0 Å². The molecule has 2 aliphatic rings. The monoisotopic (exact) mass is 415 g/mol. The number of amides is 2. The molecule has 6 nitrogen and oxygen atoms in total. The number of hydrogen-bond acceptors (Lipinski definition) is 5. The minimum atomic E-state index is 0.0437. The van der Waals surface area contributed by atoms with Gasteiger partial charge in [0.25, 0.3) is 0 Å². The molecule has 0 saturated carbocycles. The van der Waals surface area contributed by atoms with Gasteiger partial charge in [-0.15, -0.1) is 11.3 Å². The summed E-state index contributed by atoms with van der Waals surface area (Å²) in [6, 6.07) is 0.0437. The summed E-state index contributed by atoms with van der Waals surface area (Å²) in [5.41, 5.74) is 1.49. The van der Waals surface area contributed by atoms with E-state index in [2.05, 4.69) is 31.0 Å². The average molecular weight is 416 g/mol. The Morgan fingerprint density at radius 1 is 1.24 bits per heavy atom. The molecular weight excluding hydrogens is 382 g/mol. The lowest BCUT2D eigenvalue weighted by Crippen LogP contribution is -2.52. The van der Waals surface area contributed by atoms with Crippen molar-refractivity contribution in [1.82, 2.24) is 20.2 Å². The van der Waals surface area contributed by atoms with Gasteiger partial charge in [-0.05, 0) is 44.1 Å². The topological polar surface area (TPSA) is 61.4 Å². The zero-order chi connectivity index (χ0) is 20.5. The van der Waals surface area contributed by atoms with Crippen molar-refractivity contribution in [3.8, 4) is 0 Å². The normalized spacial score (nSPS) is 20.6. The number of piperazine rings is 1. The Kier molecular flexibility index (Phi) is 5.95. The zero-order valence-corrected chi connectivity index (χ0v) is 18.9. The fourth-order valence-electron chi connectivity index (χ4n) is 4.36. The van der Waals surface area contributed by atoms with Gasteiger partial charge in [-0.2, -0.15) is 0 Å². The number of hydrogen-bond donors (Lipinski definition) is 1. The van der Waals surface area contributed by atoms with Gasteiger partial charge >= 0.3 is 6.03 Å². The summed E-state index contributed by atoms with van der Waals surface area (Å²) in [6.07, 6.45) is 4.59. The molecular formula is C22H33N5OS. The molecule has 2 aromatic rings. The molecule has 2 amide bonds. The predicted octanol–water partition coefficient (Wildman–Crippen LogP) is 4.18. The van der Waals surface area contributed by atoms with Crippen molar-refractivity contribution in [3.63, 3.8) is 0 Å². The largest absolute Gasteiger partial charge is 0.352 e. The molecule has 2 atom stereocenters. The molecule has 4 rings (SSSR count). The van der Waals surface area contributed by atoms with E-state index in [9.17, 15) is 4.79 Å². The van der Waals surface area contributed by atoms with Crippen molar-refractivity contribution in [3.05, 3.63) is 16.3 Å². The molecule has 3 heterocycles. The van der Waals surface area contributed by atoms with Gasteiger partial charge in [0.2, 0.25) is 0 Å². The number of carbonyl (C=O) groups excluding carboxylic acids is 1. The highest BCUT2D eigenvalue weighted by Gasteiger charge is 2.29. The summed E-state index contributed by atoms with van der Waals surface area (Å²) in [4.78, 5) is 29.3. The van der Waals surface area contributed by atoms with Crippen LogP contribution in [-0.4, -0.2) is 53.6 Å². The van der Waals surface area contributed by atoms with Crippen molar-refractivity contribution < 1.29 is 4.79 Å². The Balaban J connectivity index is 1.70. The average Bonchev–Trinajstić information content (AvgIpc) is 3.10. The van der Waals surface area contributed by atoms with Gasteiger partial charge in [-0.25, -0.2) is 14.8 Å². The third-order valence-corrected chi connectivity index (χ3v) is 7.55. The lowest BCUT2D eigenvalue weighted by Gasteiger charge is -2.36. The summed E-state index contributed by atoms with van der Waals surface area (Å²) in [7, 11) is 0. The quantitative estimate of drug-likeness (QED) is 0.814. The van der Waals surface area contributed by atoms with Crippen LogP contribution in [0.2, 0.25) is 0 Å². The van der Waals surface area contributed by atoms with Gasteiger partial charge in [-0.3, -0.25) is 0 Å². The second kappa shape index (κ2) is 8.46. The molecule has 7 heteroatoms. The third-order valence-electron chi connectivity index (χ3n) is 6.40. The van der Waals surface area contributed by atoms with Crippen LogP contribution in [0.15, 0.2) is 0 Å². The van der Waals surface area contributed by atoms with E-state index in [1.54, 1.807) is 0 Å². The Hall–Kier alpha value is -1.89. The number of rotatable bonds is 4. The summed E-state index contributed by atoms with van der Waals surface area (Å²) >= 11 is 1.88. The minimum absolute atomic E-state index is 0.0437. The van der Waals surface area contributed by atoms with Gasteiger partial charge in [-0.1, -0.05) is 20.8 Å². The van der Waals surface area contributed by atoms with Gasteiger partial charge < -0.3 is 15.1 Å². The van der Waals surface area contributed by atoms with Crippen LogP contribution >= 0.6 is 11.3 Å². The highest BCUT2D eigenvalue weighted by Crippen LogP contribution is 2.41. The molecule has 0 spiro atoms. The number of nitrogens with one attached hydrogen (secondary N) is 1. The molecule has 1 aliphatic heterocycles. The maximum Gasteiger partial charge on any atom is 0.317 e. The number of urea groups is 1. The molecule has 0 unspecified atom stereocenters. The van der Waals surface area contributed by atoms with Gasteiger partial charge in [0, 0.05) is 43.5 Å². The third kappa shape index (κ3) is 3.93. The second-order valence-electron chi connectivity index (χ2n) is 8.56. The van der Waals surface area contributed by atoms with Crippen molar-refractivity contribution in [2.45, 2.75) is 59.3 Å². The Morgan fingerprint density at radius 2 is 2.00 bits per heavy atom. The molecule has 158 valence electrons. The van der Waals surface area contributed by atoms with E-state index in [4.69, 9.17) is 9.97 Å². The van der Waals surface area contributed by atoms with Crippen LogP contribution < -0.4 is 10.2 Å². The van der Waals surface area contributed by atoms with Crippen molar-refractivity contribution >= 4 is 33.4 Å². The first kappa shape index (κ1) is 20.4. The van der Waals surface area contributed by atoms with Crippen LogP contribution in [0.5, 0.6) is 0 Å². The number of nitrogens with zero attached hydrogens (tertiary/aromatic N) is 4. The second-order valence-corrected chi connectivity index (χ2v) is 9.64. The molecule has 0 radical (unpaired) electrons. The molecule has 0 bridgehead atoms. The summed E-state index contributed by atoms with van der Waals surface area (Å²) < 4.78 is 0. The van der Waals surface area contributed by atoms with Crippen molar-refractivity contribution in [2.24, 2.45) is 5.92 Å². The molecule has 1 fully saturated rings. The zero-order valence-electron chi connectivity index (χ0n) is 18.1. The van der Waals surface area contributed by atoms with Gasteiger partial charge in [0.1, 0.15) is 16.5 Å². The Bertz CT molecular complexity index is 887. The highest BCUT2D eigenvalue weighted by atomic mass is 32.1. The number of thiophene rings is 1. The number of aromatic nitrogens is 2. The Labute approximate surface area is 177 Å². The molecule has 29 heavy (non-hydrogen) atoms. The smallest absolute Gasteiger partial charge is 0.317 e. The van der Waals surface area contributed by atoms with E-state index in [0.717, 1.165) is 61.4 Å². The Morgan fingerprint density at radius 3 is 2.69 bits per heavy atom. The van der Waals surface area contributed by atoms with Crippen LogP contribution in [0.25, 0.3) is 10.2 Å². The SMILES string of the molecule is CCNC(=O)N1CCN(c2nc([C@@H](C)CC)nc3sc4c(c23)CC[C@H](C)C4)CC1. The standard InChI is InChI=1S/C22H33N5OS/c1-5-15(4)19-24-20(26-9-11-27(12-10-26)22(28)23-6-2)18-16-8-7-14(3)13-17(16)29-21(18)25-19/h14-15H,5-13H2,1-4H3,(H,23,28)/t14-,15-/m0/s1. The number of anilines is 1. The minimum Gasteiger partial charge on any atom is -0.352 e. The summed E-state index contributed by atoms with van der Waals surface area (Å²) in [6.45, 7) is 12.5. The van der Waals surface area contributed by atoms with E-state index >= 15 is 0 Å². The number of carbonyl (C=O) groups is 1. The first-order chi connectivity index (χ1) is 14.0. The number of fused-ring (bicyclic) bond motifs is 3. The maximum absolute atomic E-state index is 12.2. The summed E-state index contributed by atoms with van der Waals surface area (Å²) in [5, 5.41) is 4.20. The molecule has 1 aliphatic carbocycles. The summed E-state index contributed by atoms with van der Waals surface area (Å²) in [5.74, 6) is 3.18. The van der Waals surface area contributed by atoms with Crippen molar-refractivity contribution in [2.75, 3.05) is 37.6 Å². The van der Waals surface area contributed by atoms with E-state index in [-0.39, 0.29) is 6.03 Å². The van der Waals surface area contributed by atoms with E-state index in [1.165, 1.54) is 28.7 Å². The van der Waals surface area contributed by atoms with E-state index in [0.29, 0.717) is 12.5 Å². The van der Waals surface area contributed by atoms with E-state index < -0.39 is 0 Å². The fourth-order valence-corrected chi connectivity index (χ4v) is 5.74. The van der Waals surface area contributed by atoms with Crippen molar-refractivity contribution in [1.29, 1.82) is 0 Å². The van der Waals surface area contributed by atoms with Crippen LogP contribution in [0, 0.1) is 5.92 Å². The first-order valence-electron chi connectivity index (χ1n) is 11.1. The maximum atomic E-state index is 12.2. The fraction of sp³-hybridized carbons (Fsp3) is 0.682. The van der Waals surface area contributed by atoms with E-state index in [1.807, 2.05) is 23.2 Å². The van der Waals surface area contributed by atoms with Gasteiger partial charge in [0.15, 0.2) is 0 Å². The molecule has 1 saturated heterocycles. The lowest BCUT2D eigenvalue weighted by molar-refractivity contribution is 0.195. The molecule has 1 N–H and O–H groups in total. The van der Waals surface area contributed by atoms with Crippen LogP contribution in [-0.2, 0) is 12.8 Å². The van der Waals surface area contributed by atoms with Gasteiger partial charge in [0.05, 0.1) is 5.39 Å². The number of aryl methyl sites for hydroxylation is 1. The molecule has 2 aromatic heterocycles. The molecule has 0 aromatic carbocycles. The highest BCUT2D eigenvalue weighted by molar-refractivity contribution is 7.19.